The molecule has 4 heterocycles. The first kappa shape index (κ1) is 28.0. The second-order valence-corrected chi connectivity index (χ2v) is 13.6. The molecule has 0 unspecified atom stereocenters. The van der Waals surface area contributed by atoms with Crippen LogP contribution in [-0.4, -0.2) is 94.8 Å². The largest absolute Gasteiger partial charge is 0.444 e. The van der Waals surface area contributed by atoms with Crippen LogP contribution in [0.15, 0.2) is 20.2 Å². The summed E-state index contributed by atoms with van der Waals surface area (Å²) in [6.45, 7) is 14.6. The highest BCUT2D eigenvalue weighted by molar-refractivity contribution is 9.10. The molecule has 0 N–H and O–H groups in total. The van der Waals surface area contributed by atoms with Gasteiger partial charge in [0, 0.05) is 60.8 Å². The second-order valence-electron chi connectivity index (χ2n) is 11.3. The maximum atomic E-state index is 13.7. The minimum absolute atomic E-state index is 0.00408. The van der Waals surface area contributed by atoms with Gasteiger partial charge >= 0.3 is 11.8 Å². The standard InChI is InChI=1S/C26H35BrClN5O4S/c1-15-12-32(25(35)37-26(3,4)5)16(2)11-31(15)23-18-10-19(28)20(27)22-21(18)33(24(34)29-23)17(14-38-22)13-30-6-8-36-9-7-30/h10,15-17H,6-9,11-14H2,1-5H3/t15-,16+,17+/m0/s1. The predicted molar refractivity (Wildman–Crippen MR) is 155 cm³/mol. The lowest BCUT2D eigenvalue weighted by atomic mass is 10.1. The molecule has 2 aromatic rings. The number of hydrogen-bond acceptors (Lipinski definition) is 8. The molecule has 0 spiro atoms. The van der Waals surface area contributed by atoms with Gasteiger partial charge in [0.05, 0.1) is 34.3 Å². The number of rotatable bonds is 3. The molecular weight excluding hydrogens is 594 g/mol. The fraction of sp³-hybridized carbons (Fsp3) is 0.654. The summed E-state index contributed by atoms with van der Waals surface area (Å²) in [6, 6.07) is 1.71. The van der Waals surface area contributed by atoms with E-state index in [2.05, 4.69) is 30.7 Å². The third-order valence-electron chi connectivity index (χ3n) is 7.28. The molecule has 3 aliphatic rings. The fourth-order valence-electron chi connectivity index (χ4n) is 5.46. The lowest BCUT2D eigenvalue weighted by molar-refractivity contribution is 0.0130. The van der Waals surface area contributed by atoms with Crippen molar-refractivity contribution in [2.75, 3.05) is 56.6 Å². The van der Waals surface area contributed by atoms with Gasteiger partial charge in [-0.1, -0.05) is 11.6 Å². The van der Waals surface area contributed by atoms with E-state index >= 15 is 0 Å². The minimum atomic E-state index is -0.566. The van der Waals surface area contributed by atoms with Gasteiger partial charge in [0.2, 0.25) is 0 Å². The fourth-order valence-corrected chi connectivity index (χ4v) is 7.56. The van der Waals surface area contributed by atoms with Crippen LogP contribution in [0.5, 0.6) is 0 Å². The molecule has 2 saturated heterocycles. The minimum Gasteiger partial charge on any atom is -0.444 e. The summed E-state index contributed by atoms with van der Waals surface area (Å²) < 4.78 is 13.8. The molecule has 1 aromatic heterocycles. The second kappa shape index (κ2) is 10.8. The van der Waals surface area contributed by atoms with Crippen LogP contribution in [0.2, 0.25) is 5.02 Å². The Morgan fingerprint density at radius 2 is 1.95 bits per heavy atom. The van der Waals surface area contributed by atoms with E-state index in [4.69, 9.17) is 21.1 Å². The number of amides is 1. The molecule has 1 amide bonds. The SMILES string of the molecule is C[C@@H]1CN(c2nc(=O)n3c4c(c(Br)c(Cl)cc24)SC[C@H]3CN2CCOCC2)[C@@H](C)CN1C(=O)OC(C)(C)C. The van der Waals surface area contributed by atoms with Crippen LogP contribution >= 0.6 is 39.3 Å². The van der Waals surface area contributed by atoms with Crippen LogP contribution in [0, 0.1) is 0 Å². The smallest absolute Gasteiger partial charge is 0.410 e. The van der Waals surface area contributed by atoms with Gasteiger partial charge in [0.15, 0.2) is 0 Å². The van der Waals surface area contributed by atoms with Crippen LogP contribution < -0.4 is 10.6 Å². The van der Waals surface area contributed by atoms with E-state index < -0.39 is 5.60 Å². The average Bonchev–Trinajstić information content (AvgIpc) is 2.85. The number of hydrogen-bond donors (Lipinski definition) is 0. The number of aromatic nitrogens is 2. The van der Waals surface area contributed by atoms with Crippen molar-refractivity contribution in [3.63, 3.8) is 0 Å². The predicted octanol–water partition coefficient (Wildman–Crippen LogP) is 4.63. The first-order chi connectivity index (χ1) is 17.9. The van der Waals surface area contributed by atoms with E-state index in [1.165, 1.54) is 0 Å². The van der Waals surface area contributed by atoms with Crippen LogP contribution in [0.1, 0.15) is 40.7 Å². The quantitative estimate of drug-likeness (QED) is 0.487. The van der Waals surface area contributed by atoms with Gasteiger partial charge < -0.3 is 19.3 Å². The molecule has 0 saturated carbocycles. The van der Waals surface area contributed by atoms with Crippen molar-refractivity contribution in [3.05, 3.63) is 26.0 Å². The molecular formula is C26H35BrClN5O4S. The summed E-state index contributed by atoms with van der Waals surface area (Å²) in [5.74, 6) is 1.38. The molecule has 2 fully saturated rings. The third-order valence-corrected chi connectivity index (χ3v) is 10.1. The molecule has 1 aromatic carbocycles. The van der Waals surface area contributed by atoms with Gasteiger partial charge in [-0.2, -0.15) is 4.98 Å². The van der Waals surface area contributed by atoms with Crippen LogP contribution in [-0.2, 0) is 9.47 Å². The van der Waals surface area contributed by atoms with Crippen molar-refractivity contribution in [1.29, 1.82) is 0 Å². The number of piperazine rings is 1. The number of benzene rings is 1. The maximum absolute atomic E-state index is 13.7. The molecule has 3 atom stereocenters. The van der Waals surface area contributed by atoms with E-state index in [1.807, 2.05) is 45.3 Å². The van der Waals surface area contributed by atoms with Crippen molar-refractivity contribution >= 4 is 62.1 Å². The first-order valence-electron chi connectivity index (χ1n) is 13.1. The zero-order valence-electron chi connectivity index (χ0n) is 22.5. The Balaban J connectivity index is 1.53. The number of anilines is 1. The van der Waals surface area contributed by atoms with Gasteiger partial charge in [-0.3, -0.25) is 9.47 Å². The zero-order chi connectivity index (χ0) is 27.4. The van der Waals surface area contributed by atoms with Crippen molar-refractivity contribution in [3.8, 4) is 0 Å². The molecule has 12 heteroatoms. The van der Waals surface area contributed by atoms with Crippen molar-refractivity contribution in [2.45, 2.75) is 63.2 Å². The molecule has 0 aliphatic carbocycles. The normalized spacial score (nSPS) is 24.7. The maximum Gasteiger partial charge on any atom is 0.410 e. The molecule has 9 nitrogen and oxygen atoms in total. The number of carbonyl (C=O) groups excluding carboxylic acids is 1. The Morgan fingerprint density at radius 1 is 1.24 bits per heavy atom. The lowest BCUT2D eigenvalue weighted by Crippen LogP contribution is -2.59. The highest BCUT2D eigenvalue weighted by atomic mass is 79.9. The number of halogens is 2. The molecule has 0 radical (unpaired) electrons. The molecule has 3 aliphatic heterocycles. The number of morpholine rings is 1. The van der Waals surface area contributed by atoms with E-state index in [1.54, 1.807) is 16.7 Å². The van der Waals surface area contributed by atoms with E-state index in [-0.39, 0.29) is 29.9 Å². The highest BCUT2D eigenvalue weighted by Crippen LogP contribution is 2.46. The van der Waals surface area contributed by atoms with Crippen molar-refractivity contribution in [2.24, 2.45) is 0 Å². The lowest BCUT2D eigenvalue weighted by Gasteiger charge is -2.45. The summed E-state index contributed by atoms with van der Waals surface area (Å²) in [5, 5.41) is 1.45. The van der Waals surface area contributed by atoms with Gasteiger partial charge in [-0.05, 0) is 56.6 Å². The Morgan fingerprint density at radius 3 is 2.63 bits per heavy atom. The van der Waals surface area contributed by atoms with Crippen LogP contribution in [0.3, 0.4) is 0 Å². The van der Waals surface area contributed by atoms with Gasteiger partial charge in [0.25, 0.3) is 0 Å². The Bertz CT molecular complexity index is 1300. The summed E-state index contributed by atoms with van der Waals surface area (Å²) in [7, 11) is 0. The molecule has 38 heavy (non-hydrogen) atoms. The van der Waals surface area contributed by atoms with Gasteiger partial charge in [0.1, 0.15) is 11.4 Å². The summed E-state index contributed by atoms with van der Waals surface area (Å²) in [6.07, 6.45) is -0.323. The first-order valence-corrected chi connectivity index (χ1v) is 15.2. The van der Waals surface area contributed by atoms with Crippen LogP contribution in [0.25, 0.3) is 10.9 Å². The van der Waals surface area contributed by atoms with Gasteiger partial charge in [-0.25, -0.2) is 9.59 Å². The Kier molecular flexibility index (Phi) is 7.96. The van der Waals surface area contributed by atoms with E-state index in [9.17, 15) is 9.59 Å². The number of ether oxygens (including phenoxy) is 2. The topological polar surface area (TPSA) is 80.1 Å². The zero-order valence-corrected chi connectivity index (χ0v) is 25.7. The third kappa shape index (κ3) is 5.41. The van der Waals surface area contributed by atoms with Crippen molar-refractivity contribution in [1.82, 2.24) is 19.4 Å². The molecule has 5 rings (SSSR count). The monoisotopic (exact) mass is 627 g/mol. The molecule has 208 valence electrons. The number of thioether (sulfide) groups is 1. The van der Waals surface area contributed by atoms with Crippen LogP contribution in [0.4, 0.5) is 10.6 Å². The van der Waals surface area contributed by atoms with E-state index in [0.717, 1.165) is 45.7 Å². The van der Waals surface area contributed by atoms with Gasteiger partial charge in [-0.15, -0.1) is 11.8 Å². The molecule has 0 bridgehead atoms. The summed E-state index contributed by atoms with van der Waals surface area (Å²) in [5.41, 5.74) is 0.0552. The summed E-state index contributed by atoms with van der Waals surface area (Å²) >= 11 is 12.1. The highest BCUT2D eigenvalue weighted by Gasteiger charge is 2.37. The Labute approximate surface area is 240 Å². The van der Waals surface area contributed by atoms with E-state index in [0.29, 0.717) is 37.1 Å². The summed E-state index contributed by atoms with van der Waals surface area (Å²) in [4.78, 5) is 38.5. The average molecular weight is 629 g/mol. The van der Waals surface area contributed by atoms with Crippen molar-refractivity contribution < 1.29 is 14.3 Å². The Hall–Kier alpha value is -1.53. The number of carbonyl (C=O) groups is 1. The number of nitrogens with zero attached hydrogens (tertiary/aromatic N) is 5.